The molecule has 1 amide bonds. The number of carbonyl (C=O) groups is 1. The van der Waals surface area contributed by atoms with E-state index in [1.54, 1.807) is 7.11 Å². The molecule has 112 valence electrons. The molecule has 5 nitrogen and oxygen atoms in total. The third kappa shape index (κ3) is 3.71. The third-order valence-corrected chi connectivity index (χ3v) is 3.93. The van der Waals surface area contributed by atoms with Crippen LogP contribution < -0.4 is 10.1 Å². The highest BCUT2D eigenvalue weighted by molar-refractivity contribution is 7.17. The van der Waals surface area contributed by atoms with Crippen LogP contribution in [0.1, 0.15) is 36.1 Å². The fourth-order valence-corrected chi connectivity index (χ4v) is 2.47. The number of rotatable bonds is 3. The normalized spacial score (nSPS) is 11.3. The number of anilines is 1. The van der Waals surface area contributed by atoms with Crippen molar-refractivity contribution in [2.75, 3.05) is 12.4 Å². The van der Waals surface area contributed by atoms with Crippen LogP contribution in [0.3, 0.4) is 0 Å². The van der Waals surface area contributed by atoms with Crippen molar-refractivity contribution in [1.82, 2.24) is 10.2 Å². The molecule has 2 aromatic rings. The van der Waals surface area contributed by atoms with Gasteiger partial charge in [-0.3, -0.25) is 4.79 Å². The zero-order valence-corrected chi connectivity index (χ0v) is 13.8. The summed E-state index contributed by atoms with van der Waals surface area (Å²) in [7, 11) is 1.56. The predicted octanol–water partition coefficient (Wildman–Crippen LogP) is 3.75. The maximum absolute atomic E-state index is 12.1. The van der Waals surface area contributed by atoms with Crippen LogP contribution in [0, 0.1) is 0 Å². The Morgan fingerprint density at radius 2 is 2.05 bits per heavy atom. The van der Waals surface area contributed by atoms with Crippen LogP contribution in [0.15, 0.2) is 18.2 Å². The molecule has 0 aliphatic rings. The van der Waals surface area contributed by atoms with E-state index in [1.165, 1.54) is 0 Å². The summed E-state index contributed by atoms with van der Waals surface area (Å²) in [5.41, 5.74) is 1.66. The van der Waals surface area contributed by atoms with Crippen molar-refractivity contribution in [3.63, 3.8) is 0 Å². The van der Waals surface area contributed by atoms with Gasteiger partial charge in [0.25, 0.3) is 5.91 Å². The lowest BCUT2D eigenvalue weighted by Crippen LogP contribution is -2.15. The van der Waals surface area contributed by atoms with Crippen LogP contribution in [0.5, 0.6) is 5.75 Å². The van der Waals surface area contributed by atoms with Crippen LogP contribution in [0.25, 0.3) is 0 Å². The molecule has 1 aromatic heterocycles. The van der Waals surface area contributed by atoms with Gasteiger partial charge in [-0.2, -0.15) is 0 Å². The van der Waals surface area contributed by atoms with Crippen LogP contribution in [-0.2, 0) is 5.41 Å². The van der Waals surface area contributed by atoms with E-state index in [4.69, 9.17) is 16.3 Å². The smallest absolute Gasteiger partial charge is 0.286 e. The average Bonchev–Trinajstić information content (AvgIpc) is 2.84. The van der Waals surface area contributed by atoms with Gasteiger partial charge in [-0.1, -0.05) is 38.2 Å². The first-order chi connectivity index (χ1) is 9.81. The van der Waals surface area contributed by atoms with E-state index < -0.39 is 0 Å². The Morgan fingerprint density at radius 3 is 2.57 bits per heavy atom. The van der Waals surface area contributed by atoms with Gasteiger partial charge in [-0.15, -0.1) is 10.2 Å². The van der Waals surface area contributed by atoms with Gasteiger partial charge in [0.1, 0.15) is 5.75 Å². The van der Waals surface area contributed by atoms with Gasteiger partial charge in [0.2, 0.25) is 9.47 Å². The van der Waals surface area contributed by atoms with E-state index in [0.717, 1.165) is 16.9 Å². The maximum Gasteiger partial charge on any atom is 0.286 e. The summed E-state index contributed by atoms with van der Waals surface area (Å²) in [6.45, 7) is 6.31. The Balaban J connectivity index is 2.31. The van der Waals surface area contributed by atoms with E-state index in [1.807, 2.05) is 18.2 Å². The lowest BCUT2D eigenvalue weighted by molar-refractivity contribution is 0.102. The summed E-state index contributed by atoms with van der Waals surface area (Å²) >= 11 is 6.72. The molecular formula is C14H16ClN3O2S. The van der Waals surface area contributed by atoms with Crippen LogP contribution in [-0.4, -0.2) is 23.2 Å². The summed E-state index contributed by atoms with van der Waals surface area (Å²) in [6.07, 6.45) is 0. The first-order valence-corrected chi connectivity index (χ1v) is 7.49. The molecule has 0 saturated heterocycles. The molecule has 0 aliphatic carbocycles. The van der Waals surface area contributed by atoms with Gasteiger partial charge in [-0.05, 0) is 34.7 Å². The van der Waals surface area contributed by atoms with E-state index in [9.17, 15) is 4.79 Å². The maximum atomic E-state index is 12.1. The van der Waals surface area contributed by atoms with Crippen molar-refractivity contribution in [3.05, 3.63) is 33.2 Å². The predicted molar refractivity (Wildman–Crippen MR) is 84.6 cm³/mol. The number of nitrogens with one attached hydrogen (secondary N) is 1. The number of aromatic nitrogens is 2. The molecule has 1 heterocycles. The monoisotopic (exact) mass is 325 g/mol. The summed E-state index contributed by atoms with van der Waals surface area (Å²) < 4.78 is 5.51. The fraction of sp³-hybridized carbons (Fsp3) is 0.357. The molecule has 7 heteroatoms. The van der Waals surface area contributed by atoms with E-state index in [2.05, 4.69) is 36.3 Å². The topological polar surface area (TPSA) is 64.1 Å². The first kappa shape index (κ1) is 15.7. The Kier molecular flexibility index (Phi) is 4.49. The number of hydrogen-bond acceptors (Lipinski definition) is 5. The number of amides is 1. The summed E-state index contributed by atoms with van der Waals surface area (Å²) in [5.74, 6) is 0.232. The van der Waals surface area contributed by atoms with Crippen molar-refractivity contribution in [1.29, 1.82) is 0 Å². The number of halogens is 1. The number of nitrogens with zero attached hydrogens (tertiary/aromatic N) is 2. The number of carbonyl (C=O) groups excluding carboxylic acids is 1. The first-order valence-electron chi connectivity index (χ1n) is 6.30. The van der Waals surface area contributed by atoms with E-state index >= 15 is 0 Å². The zero-order chi connectivity index (χ0) is 15.6. The van der Waals surface area contributed by atoms with Gasteiger partial charge in [0.05, 0.1) is 12.8 Å². The molecule has 0 fully saturated rings. The van der Waals surface area contributed by atoms with Crippen LogP contribution in [0.4, 0.5) is 5.69 Å². The number of benzene rings is 1. The lowest BCUT2D eigenvalue weighted by Gasteiger charge is -2.21. The van der Waals surface area contributed by atoms with Crippen molar-refractivity contribution in [2.24, 2.45) is 0 Å². The van der Waals surface area contributed by atoms with Gasteiger partial charge in [0.15, 0.2) is 0 Å². The second-order valence-corrected chi connectivity index (χ2v) is 7.04. The van der Waals surface area contributed by atoms with E-state index in [-0.39, 0.29) is 20.8 Å². The molecule has 0 radical (unpaired) electrons. The zero-order valence-electron chi connectivity index (χ0n) is 12.2. The molecule has 0 saturated carbocycles. The van der Waals surface area contributed by atoms with Crippen LogP contribution in [0.2, 0.25) is 4.47 Å². The highest BCUT2D eigenvalue weighted by atomic mass is 35.5. The highest BCUT2D eigenvalue weighted by Gasteiger charge is 2.18. The second kappa shape index (κ2) is 5.99. The second-order valence-electron chi connectivity index (χ2n) is 5.48. The quantitative estimate of drug-likeness (QED) is 0.933. The number of hydrogen-bond donors (Lipinski definition) is 1. The molecule has 0 aliphatic heterocycles. The largest absolute Gasteiger partial charge is 0.495 e. The molecular weight excluding hydrogens is 310 g/mol. The van der Waals surface area contributed by atoms with Crippen molar-refractivity contribution in [2.45, 2.75) is 26.2 Å². The molecule has 0 unspecified atom stereocenters. The highest BCUT2D eigenvalue weighted by Crippen LogP contribution is 2.31. The Labute approximate surface area is 132 Å². The molecule has 1 aromatic carbocycles. The fourth-order valence-electron chi connectivity index (χ4n) is 1.75. The van der Waals surface area contributed by atoms with Crippen molar-refractivity contribution in [3.8, 4) is 5.75 Å². The van der Waals surface area contributed by atoms with E-state index in [0.29, 0.717) is 11.4 Å². The molecule has 0 spiro atoms. The van der Waals surface area contributed by atoms with Gasteiger partial charge < -0.3 is 10.1 Å². The summed E-state index contributed by atoms with van der Waals surface area (Å²) in [4.78, 5) is 12.1. The van der Waals surface area contributed by atoms with Crippen LogP contribution >= 0.6 is 22.9 Å². The number of ether oxygens (including phenoxy) is 1. The van der Waals surface area contributed by atoms with Gasteiger partial charge in [0, 0.05) is 0 Å². The summed E-state index contributed by atoms with van der Waals surface area (Å²) in [5, 5.41) is 10.3. The minimum Gasteiger partial charge on any atom is -0.495 e. The van der Waals surface area contributed by atoms with Gasteiger partial charge >= 0.3 is 0 Å². The molecule has 1 N–H and O–H groups in total. The van der Waals surface area contributed by atoms with Crippen molar-refractivity contribution < 1.29 is 9.53 Å². The number of methoxy groups -OCH3 is 1. The molecule has 2 rings (SSSR count). The Morgan fingerprint density at radius 1 is 1.33 bits per heavy atom. The summed E-state index contributed by atoms with van der Waals surface area (Å²) in [6, 6.07) is 5.72. The SMILES string of the molecule is COc1ccc(C(C)(C)C)cc1NC(=O)c1nnc(Cl)s1. The third-order valence-electron chi connectivity index (χ3n) is 2.91. The lowest BCUT2D eigenvalue weighted by atomic mass is 9.87. The van der Waals surface area contributed by atoms with Gasteiger partial charge in [-0.25, -0.2) is 0 Å². The molecule has 0 bridgehead atoms. The van der Waals surface area contributed by atoms with Crippen molar-refractivity contribution >= 4 is 34.5 Å². The standard InChI is InChI=1S/C14H16ClN3O2S/c1-14(2,3)8-5-6-10(20-4)9(7-8)16-11(19)12-17-18-13(15)21-12/h5-7H,1-4H3,(H,16,19). The minimum absolute atomic E-state index is 0.0300. The molecule has 21 heavy (non-hydrogen) atoms. The Hall–Kier alpha value is -1.66. The molecule has 0 atom stereocenters. The Bertz CT molecular complexity index is 664. The minimum atomic E-state index is -0.358. The average molecular weight is 326 g/mol.